The third kappa shape index (κ3) is 2.72. The van der Waals surface area contributed by atoms with Crippen molar-refractivity contribution in [1.82, 2.24) is 5.32 Å². The fourth-order valence-electron chi connectivity index (χ4n) is 2.22. The van der Waals surface area contributed by atoms with Crippen LogP contribution in [0.3, 0.4) is 0 Å². The van der Waals surface area contributed by atoms with Crippen LogP contribution in [0.1, 0.15) is 28.7 Å². The van der Waals surface area contributed by atoms with Crippen molar-refractivity contribution in [3.05, 3.63) is 57.0 Å². The van der Waals surface area contributed by atoms with Gasteiger partial charge in [0.1, 0.15) is 23.2 Å². The summed E-state index contributed by atoms with van der Waals surface area (Å²) in [6.45, 7) is 3.58. The van der Waals surface area contributed by atoms with Crippen molar-refractivity contribution >= 4 is 15.9 Å². The lowest BCUT2D eigenvalue weighted by atomic mass is 9.98. The van der Waals surface area contributed by atoms with E-state index in [2.05, 4.69) is 21.2 Å². The zero-order chi connectivity index (χ0) is 14.2. The van der Waals surface area contributed by atoms with E-state index in [-0.39, 0.29) is 5.56 Å². The smallest absolute Gasteiger partial charge is 0.132 e. The van der Waals surface area contributed by atoms with Crippen LogP contribution in [-0.4, -0.2) is 7.05 Å². The van der Waals surface area contributed by atoms with Gasteiger partial charge in [-0.2, -0.15) is 0 Å². The molecule has 102 valence electrons. The topological polar surface area (TPSA) is 25.2 Å². The Balaban J connectivity index is 2.57. The lowest BCUT2D eigenvalue weighted by molar-refractivity contribution is 0.488. The molecular weight excluding hydrogens is 316 g/mol. The molecule has 0 bridgehead atoms. The van der Waals surface area contributed by atoms with E-state index >= 15 is 0 Å². The molecule has 1 aromatic carbocycles. The molecule has 1 unspecified atom stereocenters. The molecule has 5 heteroatoms. The molecule has 1 N–H and O–H groups in total. The van der Waals surface area contributed by atoms with Gasteiger partial charge in [0.2, 0.25) is 0 Å². The quantitative estimate of drug-likeness (QED) is 0.910. The Morgan fingerprint density at radius 1 is 1.16 bits per heavy atom. The van der Waals surface area contributed by atoms with Gasteiger partial charge in [0, 0.05) is 15.6 Å². The zero-order valence-corrected chi connectivity index (χ0v) is 12.4. The zero-order valence-electron chi connectivity index (χ0n) is 10.9. The van der Waals surface area contributed by atoms with Crippen LogP contribution in [0, 0.1) is 25.5 Å². The van der Waals surface area contributed by atoms with Gasteiger partial charge in [0.25, 0.3) is 0 Å². The van der Waals surface area contributed by atoms with Gasteiger partial charge < -0.3 is 9.73 Å². The van der Waals surface area contributed by atoms with E-state index in [9.17, 15) is 8.78 Å². The predicted molar refractivity (Wildman–Crippen MR) is 73.1 cm³/mol. The van der Waals surface area contributed by atoms with Gasteiger partial charge in [-0.1, -0.05) is 15.9 Å². The Morgan fingerprint density at radius 3 is 2.16 bits per heavy atom. The summed E-state index contributed by atoms with van der Waals surface area (Å²) in [7, 11) is 1.66. The molecule has 1 atom stereocenters. The number of furan rings is 1. The molecule has 0 amide bonds. The Labute approximate surface area is 118 Å². The Morgan fingerprint density at radius 2 is 1.74 bits per heavy atom. The van der Waals surface area contributed by atoms with Crippen molar-refractivity contribution in [2.75, 3.05) is 7.05 Å². The van der Waals surface area contributed by atoms with E-state index in [1.165, 1.54) is 12.1 Å². The minimum absolute atomic E-state index is 0.00500. The van der Waals surface area contributed by atoms with Crippen molar-refractivity contribution in [2.45, 2.75) is 19.9 Å². The highest BCUT2D eigenvalue weighted by molar-refractivity contribution is 9.10. The van der Waals surface area contributed by atoms with E-state index in [4.69, 9.17) is 4.42 Å². The van der Waals surface area contributed by atoms with Crippen molar-refractivity contribution in [1.29, 1.82) is 0 Å². The summed E-state index contributed by atoms with van der Waals surface area (Å²) in [6, 6.07) is 3.72. The predicted octanol–water partition coefficient (Wildman–Crippen LogP) is 4.25. The van der Waals surface area contributed by atoms with Crippen LogP contribution in [0.2, 0.25) is 0 Å². The summed E-state index contributed by atoms with van der Waals surface area (Å²) in [5.41, 5.74) is 0.731. The number of rotatable bonds is 3. The maximum Gasteiger partial charge on any atom is 0.132 e. The molecule has 0 fully saturated rings. The molecule has 1 aromatic heterocycles. The fraction of sp³-hybridized carbons (Fsp3) is 0.286. The lowest BCUT2D eigenvalue weighted by Gasteiger charge is -2.18. The van der Waals surface area contributed by atoms with E-state index in [1.54, 1.807) is 27.0 Å². The van der Waals surface area contributed by atoms with Crippen molar-refractivity contribution < 1.29 is 13.2 Å². The molecule has 0 saturated heterocycles. The fourth-order valence-corrected chi connectivity index (χ4v) is 2.62. The monoisotopic (exact) mass is 329 g/mol. The summed E-state index contributed by atoms with van der Waals surface area (Å²) in [4.78, 5) is 0. The van der Waals surface area contributed by atoms with Gasteiger partial charge in [-0.3, -0.25) is 0 Å². The van der Waals surface area contributed by atoms with E-state index in [0.29, 0.717) is 16.0 Å². The van der Waals surface area contributed by atoms with E-state index in [0.717, 1.165) is 5.56 Å². The molecule has 0 saturated carbocycles. The summed E-state index contributed by atoms with van der Waals surface area (Å²) in [5, 5.41) is 2.93. The summed E-state index contributed by atoms with van der Waals surface area (Å²) in [6.07, 6.45) is 0. The van der Waals surface area contributed by atoms with Crippen LogP contribution in [0.4, 0.5) is 8.78 Å². The average Bonchev–Trinajstić information content (AvgIpc) is 2.62. The van der Waals surface area contributed by atoms with Gasteiger partial charge in [-0.05, 0) is 39.1 Å². The number of benzene rings is 1. The second-order valence-corrected chi connectivity index (χ2v) is 5.29. The molecule has 0 aliphatic heterocycles. The molecule has 0 radical (unpaired) electrons. The molecule has 1 heterocycles. The number of nitrogens with one attached hydrogen (secondary N) is 1. The minimum atomic E-state index is -0.593. The molecule has 19 heavy (non-hydrogen) atoms. The van der Waals surface area contributed by atoms with Crippen LogP contribution >= 0.6 is 15.9 Å². The first-order chi connectivity index (χ1) is 8.93. The number of hydrogen-bond donors (Lipinski definition) is 1. The summed E-state index contributed by atoms with van der Waals surface area (Å²) >= 11 is 3.07. The Hall–Kier alpha value is -1.20. The van der Waals surface area contributed by atoms with Crippen LogP contribution in [0.15, 0.2) is 27.1 Å². The lowest BCUT2D eigenvalue weighted by Crippen LogP contribution is -2.20. The first kappa shape index (κ1) is 14.2. The molecular formula is C14H14BrF2NO. The average molecular weight is 330 g/mol. The van der Waals surface area contributed by atoms with Crippen LogP contribution < -0.4 is 5.32 Å². The SMILES string of the molecule is CNC(c1cc(C)oc1C)c1c(F)cc(Br)cc1F. The highest BCUT2D eigenvalue weighted by Crippen LogP contribution is 2.32. The Kier molecular flexibility index (Phi) is 4.06. The maximum absolute atomic E-state index is 14.0. The maximum atomic E-state index is 14.0. The molecule has 0 aliphatic rings. The third-order valence-corrected chi connectivity index (χ3v) is 3.47. The second kappa shape index (κ2) is 5.43. The first-order valence-electron chi connectivity index (χ1n) is 5.82. The minimum Gasteiger partial charge on any atom is -0.466 e. The van der Waals surface area contributed by atoms with Gasteiger partial charge in [0.15, 0.2) is 0 Å². The van der Waals surface area contributed by atoms with Gasteiger partial charge in [0.05, 0.1) is 6.04 Å². The van der Waals surface area contributed by atoms with Crippen molar-refractivity contribution in [2.24, 2.45) is 0 Å². The highest BCUT2D eigenvalue weighted by atomic mass is 79.9. The van der Waals surface area contributed by atoms with Gasteiger partial charge >= 0.3 is 0 Å². The normalized spacial score (nSPS) is 12.7. The van der Waals surface area contributed by atoms with E-state index < -0.39 is 17.7 Å². The molecule has 0 spiro atoms. The molecule has 2 nitrogen and oxygen atoms in total. The van der Waals surface area contributed by atoms with E-state index in [1.807, 2.05) is 0 Å². The van der Waals surface area contributed by atoms with Gasteiger partial charge in [-0.15, -0.1) is 0 Å². The van der Waals surface area contributed by atoms with Crippen molar-refractivity contribution in [3.8, 4) is 0 Å². The largest absolute Gasteiger partial charge is 0.466 e. The number of halogens is 3. The van der Waals surface area contributed by atoms with Gasteiger partial charge in [-0.25, -0.2) is 8.78 Å². The van der Waals surface area contributed by atoms with Crippen LogP contribution in [-0.2, 0) is 0 Å². The first-order valence-corrected chi connectivity index (χ1v) is 6.62. The standard InChI is InChI=1S/C14H14BrF2NO/c1-7-4-10(8(2)19-7)14(18-3)13-11(16)5-9(15)6-12(13)17/h4-6,14,18H,1-3H3. The van der Waals surface area contributed by atoms with Crippen LogP contribution in [0.5, 0.6) is 0 Å². The molecule has 2 rings (SSSR count). The number of aryl methyl sites for hydroxylation is 2. The molecule has 2 aromatic rings. The van der Waals surface area contributed by atoms with Crippen molar-refractivity contribution in [3.63, 3.8) is 0 Å². The third-order valence-electron chi connectivity index (χ3n) is 3.01. The Bertz CT molecular complexity index is 586. The summed E-state index contributed by atoms with van der Waals surface area (Å²) in [5.74, 6) is 0.179. The second-order valence-electron chi connectivity index (χ2n) is 4.37. The number of hydrogen-bond acceptors (Lipinski definition) is 2. The molecule has 0 aliphatic carbocycles. The van der Waals surface area contributed by atoms with Crippen LogP contribution in [0.25, 0.3) is 0 Å². The summed E-state index contributed by atoms with van der Waals surface area (Å²) < 4.78 is 33.9. The highest BCUT2D eigenvalue weighted by Gasteiger charge is 2.24.